The molecule has 1 aromatic rings. The van der Waals surface area contributed by atoms with Crippen LogP contribution >= 0.6 is 23.6 Å². The minimum atomic E-state index is 0.832. The summed E-state index contributed by atoms with van der Waals surface area (Å²) < 4.78 is 0. The van der Waals surface area contributed by atoms with Gasteiger partial charge in [0, 0.05) is 11.9 Å². The summed E-state index contributed by atoms with van der Waals surface area (Å²) in [4.78, 5) is 3.28. The monoisotopic (exact) mass is 171 g/mol. The maximum atomic E-state index is 5.03. The molecular weight excluding hydrogens is 162 g/mol. The summed E-state index contributed by atoms with van der Waals surface area (Å²) in [5, 5.41) is 2.94. The molecule has 0 amide bonds. The first-order chi connectivity index (χ1) is 4.74. The predicted octanol–water partition coefficient (Wildman–Crippen LogP) is 1.95. The Hall–Kier alpha value is -0.410. The third kappa shape index (κ3) is 1.55. The van der Waals surface area contributed by atoms with Crippen LogP contribution < -0.4 is 5.32 Å². The van der Waals surface area contributed by atoms with Crippen molar-refractivity contribution in [3.05, 3.63) is 21.9 Å². The minimum Gasteiger partial charge on any atom is -0.378 e. The van der Waals surface area contributed by atoms with Crippen LogP contribution in [0.5, 0.6) is 0 Å². The molecule has 1 aromatic heterocycles. The fourth-order valence-corrected chi connectivity index (χ4v) is 1.69. The standard InChI is InChI=1S/C7H9NS2/c1-5-3-4-6(10-5)7(9)8-2/h3-4H,1-2H3,(H,8,9). The lowest BCUT2D eigenvalue weighted by Gasteiger charge is -1.95. The van der Waals surface area contributed by atoms with Gasteiger partial charge < -0.3 is 5.32 Å². The highest BCUT2D eigenvalue weighted by atomic mass is 32.1. The molecule has 0 saturated heterocycles. The molecule has 3 heteroatoms. The van der Waals surface area contributed by atoms with Gasteiger partial charge >= 0.3 is 0 Å². The summed E-state index contributed by atoms with van der Waals surface area (Å²) in [6.45, 7) is 2.08. The Labute approximate surface area is 70.1 Å². The van der Waals surface area contributed by atoms with Crippen molar-refractivity contribution >= 4 is 28.5 Å². The summed E-state index contributed by atoms with van der Waals surface area (Å²) in [5.41, 5.74) is 0. The van der Waals surface area contributed by atoms with Gasteiger partial charge in [0.2, 0.25) is 0 Å². The summed E-state index contributed by atoms with van der Waals surface area (Å²) >= 11 is 6.75. The van der Waals surface area contributed by atoms with Crippen LogP contribution in [0.15, 0.2) is 12.1 Å². The maximum Gasteiger partial charge on any atom is 0.116 e. The number of aryl methyl sites for hydroxylation is 1. The lowest BCUT2D eigenvalue weighted by atomic mass is 10.4. The fourth-order valence-electron chi connectivity index (χ4n) is 0.680. The highest BCUT2D eigenvalue weighted by Gasteiger charge is 1.99. The summed E-state index contributed by atoms with van der Waals surface area (Å²) in [6.07, 6.45) is 0. The van der Waals surface area contributed by atoms with E-state index in [9.17, 15) is 0 Å². The Morgan fingerprint density at radius 2 is 2.30 bits per heavy atom. The normalized spacial score (nSPS) is 9.40. The van der Waals surface area contributed by atoms with Gasteiger partial charge in [0.05, 0.1) is 4.88 Å². The average molecular weight is 171 g/mol. The number of rotatable bonds is 1. The number of thiophene rings is 1. The van der Waals surface area contributed by atoms with Crippen molar-refractivity contribution in [3.8, 4) is 0 Å². The van der Waals surface area contributed by atoms with Gasteiger partial charge in [-0.25, -0.2) is 0 Å². The zero-order valence-electron chi connectivity index (χ0n) is 5.97. The van der Waals surface area contributed by atoms with E-state index in [1.807, 2.05) is 13.1 Å². The van der Waals surface area contributed by atoms with Crippen LogP contribution in [0, 0.1) is 6.92 Å². The van der Waals surface area contributed by atoms with Crippen LogP contribution in [0.3, 0.4) is 0 Å². The second-order valence-electron chi connectivity index (χ2n) is 1.99. The van der Waals surface area contributed by atoms with Crippen LogP contribution in [0.2, 0.25) is 0 Å². The zero-order chi connectivity index (χ0) is 7.56. The Kier molecular flexibility index (Phi) is 2.40. The number of hydrogen-bond donors (Lipinski definition) is 1. The van der Waals surface area contributed by atoms with Crippen molar-refractivity contribution < 1.29 is 0 Å². The summed E-state index contributed by atoms with van der Waals surface area (Å²) in [7, 11) is 1.84. The van der Waals surface area contributed by atoms with Crippen molar-refractivity contribution in [2.24, 2.45) is 0 Å². The molecule has 0 aliphatic rings. The fraction of sp³-hybridized carbons (Fsp3) is 0.286. The highest BCUT2D eigenvalue weighted by molar-refractivity contribution is 7.81. The SMILES string of the molecule is CNC(=S)c1ccc(C)s1. The lowest BCUT2D eigenvalue weighted by molar-refractivity contribution is 1.21. The second kappa shape index (κ2) is 3.12. The topological polar surface area (TPSA) is 12.0 Å². The van der Waals surface area contributed by atoms with Crippen molar-refractivity contribution in [1.82, 2.24) is 5.32 Å². The van der Waals surface area contributed by atoms with Crippen molar-refractivity contribution in [1.29, 1.82) is 0 Å². The molecule has 0 unspecified atom stereocenters. The van der Waals surface area contributed by atoms with E-state index in [1.165, 1.54) is 4.88 Å². The van der Waals surface area contributed by atoms with Crippen LogP contribution in [0.25, 0.3) is 0 Å². The molecule has 0 atom stereocenters. The summed E-state index contributed by atoms with van der Waals surface area (Å²) in [6, 6.07) is 4.11. The molecule has 0 saturated carbocycles. The van der Waals surface area contributed by atoms with E-state index in [4.69, 9.17) is 12.2 Å². The first-order valence-electron chi connectivity index (χ1n) is 3.02. The highest BCUT2D eigenvalue weighted by Crippen LogP contribution is 2.14. The van der Waals surface area contributed by atoms with Gasteiger partial charge in [-0.2, -0.15) is 0 Å². The van der Waals surface area contributed by atoms with E-state index in [1.54, 1.807) is 11.3 Å². The summed E-state index contributed by atoms with van der Waals surface area (Å²) in [5.74, 6) is 0. The number of hydrogen-bond acceptors (Lipinski definition) is 2. The minimum absolute atomic E-state index is 0.832. The molecule has 1 N–H and O–H groups in total. The molecule has 0 aliphatic heterocycles. The molecule has 0 bridgehead atoms. The van der Waals surface area contributed by atoms with Gasteiger partial charge in [-0.05, 0) is 19.1 Å². The van der Waals surface area contributed by atoms with Crippen LogP contribution in [-0.2, 0) is 0 Å². The lowest BCUT2D eigenvalue weighted by Crippen LogP contribution is -2.14. The van der Waals surface area contributed by atoms with Crippen molar-refractivity contribution in [2.45, 2.75) is 6.92 Å². The van der Waals surface area contributed by atoms with Crippen LogP contribution in [0.4, 0.5) is 0 Å². The average Bonchev–Trinajstić information content (AvgIpc) is 2.34. The van der Waals surface area contributed by atoms with E-state index in [0.29, 0.717) is 0 Å². The Morgan fingerprint density at radius 3 is 2.70 bits per heavy atom. The molecule has 0 aliphatic carbocycles. The quantitative estimate of drug-likeness (QED) is 0.648. The molecule has 0 spiro atoms. The van der Waals surface area contributed by atoms with Gasteiger partial charge in [-0.3, -0.25) is 0 Å². The largest absolute Gasteiger partial charge is 0.378 e. The second-order valence-corrected chi connectivity index (χ2v) is 3.69. The first-order valence-corrected chi connectivity index (χ1v) is 4.25. The van der Waals surface area contributed by atoms with Gasteiger partial charge in [-0.1, -0.05) is 12.2 Å². The van der Waals surface area contributed by atoms with Gasteiger partial charge in [0.15, 0.2) is 0 Å². The van der Waals surface area contributed by atoms with Crippen LogP contribution in [0.1, 0.15) is 9.75 Å². The predicted molar refractivity (Wildman–Crippen MR) is 49.8 cm³/mol. The Balaban J connectivity index is 2.85. The van der Waals surface area contributed by atoms with Crippen LogP contribution in [-0.4, -0.2) is 12.0 Å². The molecule has 10 heavy (non-hydrogen) atoms. The van der Waals surface area contributed by atoms with Crippen molar-refractivity contribution in [3.63, 3.8) is 0 Å². The number of nitrogens with one attached hydrogen (secondary N) is 1. The molecule has 0 fully saturated rings. The Bertz CT molecular complexity index is 240. The molecule has 1 rings (SSSR count). The van der Waals surface area contributed by atoms with Gasteiger partial charge in [0.1, 0.15) is 4.99 Å². The smallest absolute Gasteiger partial charge is 0.116 e. The maximum absolute atomic E-state index is 5.03. The zero-order valence-corrected chi connectivity index (χ0v) is 7.60. The number of thiocarbonyl (C=S) groups is 1. The molecule has 54 valence electrons. The third-order valence-electron chi connectivity index (χ3n) is 1.19. The molecule has 1 nitrogen and oxygen atoms in total. The van der Waals surface area contributed by atoms with E-state index >= 15 is 0 Å². The third-order valence-corrected chi connectivity index (χ3v) is 2.76. The van der Waals surface area contributed by atoms with E-state index in [-0.39, 0.29) is 0 Å². The van der Waals surface area contributed by atoms with E-state index < -0.39 is 0 Å². The molecule has 0 aromatic carbocycles. The molecule has 1 heterocycles. The first kappa shape index (κ1) is 7.69. The van der Waals surface area contributed by atoms with E-state index in [2.05, 4.69) is 18.3 Å². The van der Waals surface area contributed by atoms with Crippen molar-refractivity contribution in [2.75, 3.05) is 7.05 Å². The Morgan fingerprint density at radius 1 is 1.60 bits per heavy atom. The molecule has 0 radical (unpaired) electrons. The van der Waals surface area contributed by atoms with E-state index in [0.717, 1.165) is 9.87 Å². The van der Waals surface area contributed by atoms with Gasteiger partial charge in [-0.15, -0.1) is 11.3 Å². The molecular formula is C7H9NS2. The van der Waals surface area contributed by atoms with Gasteiger partial charge in [0.25, 0.3) is 0 Å².